The van der Waals surface area contributed by atoms with Gasteiger partial charge in [0, 0.05) is 31.7 Å². The van der Waals surface area contributed by atoms with Gasteiger partial charge >= 0.3 is 6.09 Å². The van der Waals surface area contributed by atoms with Gasteiger partial charge in [-0.15, -0.1) is 0 Å². The molecule has 0 unspecified atom stereocenters. The van der Waals surface area contributed by atoms with Gasteiger partial charge in [0.25, 0.3) is 0 Å². The Hall–Kier alpha value is -2.50. The summed E-state index contributed by atoms with van der Waals surface area (Å²) in [7, 11) is 0. The molecule has 3 rings (SSSR count). The van der Waals surface area contributed by atoms with Crippen LogP contribution in [0.15, 0.2) is 30.5 Å². The molecule has 6 nitrogen and oxygen atoms in total. The molecule has 6 heteroatoms. The van der Waals surface area contributed by atoms with Crippen molar-refractivity contribution in [3.8, 4) is 11.3 Å². The van der Waals surface area contributed by atoms with Crippen LogP contribution in [-0.2, 0) is 11.2 Å². The second-order valence-electron chi connectivity index (χ2n) is 6.65. The molecule has 1 aliphatic rings. The average molecular weight is 356 g/mol. The molecule has 26 heavy (non-hydrogen) atoms. The molecule has 1 fully saturated rings. The lowest BCUT2D eigenvalue weighted by molar-refractivity contribution is 0.144. The number of nitrogens with zero attached hydrogens (tertiary/aromatic N) is 2. The summed E-state index contributed by atoms with van der Waals surface area (Å²) in [5, 5.41) is 2.75. The van der Waals surface area contributed by atoms with Gasteiger partial charge < -0.3 is 19.9 Å². The van der Waals surface area contributed by atoms with Crippen molar-refractivity contribution in [1.29, 1.82) is 0 Å². The van der Waals surface area contributed by atoms with Crippen LogP contribution < -0.4 is 10.2 Å². The highest BCUT2D eigenvalue weighted by Crippen LogP contribution is 2.24. The molecule has 0 aliphatic carbocycles. The van der Waals surface area contributed by atoms with Crippen LogP contribution in [-0.4, -0.2) is 42.3 Å². The van der Waals surface area contributed by atoms with Gasteiger partial charge in [0.2, 0.25) is 0 Å². The summed E-state index contributed by atoms with van der Waals surface area (Å²) in [4.78, 5) is 21.7. The van der Waals surface area contributed by atoms with Crippen molar-refractivity contribution in [2.45, 2.75) is 39.0 Å². The zero-order valence-corrected chi connectivity index (χ0v) is 15.5. The Labute approximate surface area is 155 Å². The van der Waals surface area contributed by atoms with Crippen LogP contribution in [0.4, 0.5) is 10.5 Å². The zero-order valence-electron chi connectivity index (χ0n) is 15.5. The summed E-state index contributed by atoms with van der Waals surface area (Å²) in [6.45, 7) is 5.35. The second-order valence-corrected chi connectivity index (χ2v) is 6.65. The molecular weight excluding hydrogens is 328 g/mol. The third-order valence-electron chi connectivity index (χ3n) is 4.64. The molecular formula is C20H28N4O2. The number of aromatic amines is 1. The van der Waals surface area contributed by atoms with Crippen LogP contribution in [0.2, 0.25) is 0 Å². The number of benzene rings is 1. The van der Waals surface area contributed by atoms with Gasteiger partial charge in [-0.25, -0.2) is 9.78 Å². The lowest BCUT2D eigenvalue weighted by atomic mass is 10.1. The van der Waals surface area contributed by atoms with Crippen LogP contribution >= 0.6 is 0 Å². The van der Waals surface area contributed by atoms with Crippen molar-refractivity contribution in [2.75, 3.05) is 31.1 Å². The number of carbonyl (C=O) groups is 1. The monoisotopic (exact) mass is 356 g/mol. The van der Waals surface area contributed by atoms with E-state index >= 15 is 0 Å². The number of rotatable bonds is 8. The van der Waals surface area contributed by atoms with Gasteiger partial charge in [-0.3, -0.25) is 0 Å². The van der Waals surface area contributed by atoms with Gasteiger partial charge in [0.15, 0.2) is 0 Å². The van der Waals surface area contributed by atoms with Gasteiger partial charge in [-0.1, -0.05) is 25.5 Å². The quantitative estimate of drug-likeness (QED) is 0.707. The molecule has 2 heterocycles. The van der Waals surface area contributed by atoms with Crippen LogP contribution in [0.5, 0.6) is 0 Å². The van der Waals surface area contributed by atoms with E-state index < -0.39 is 0 Å². The third kappa shape index (κ3) is 5.00. The standard InChI is InChI=1S/C20H28N4O2/c1-2-3-14-26-20(25)21-11-10-19-22-15-18(23-19)16-6-8-17(9-7-16)24-12-4-5-13-24/h6-9,15H,2-5,10-14H2,1H3,(H,21,25)(H,22,23). The highest BCUT2D eigenvalue weighted by Gasteiger charge is 2.12. The van der Waals surface area contributed by atoms with Crippen molar-refractivity contribution in [1.82, 2.24) is 15.3 Å². The Morgan fingerprint density at radius 1 is 1.27 bits per heavy atom. The first-order chi connectivity index (χ1) is 12.8. The maximum atomic E-state index is 11.5. The fraction of sp³-hybridized carbons (Fsp3) is 0.500. The number of ether oxygens (including phenoxy) is 1. The number of hydrogen-bond acceptors (Lipinski definition) is 4. The molecule has 0 spiro atoms. The lowest BCUT2D eigenvalue weighted by Crippen LogP contribution is -2.27. The number of H-pyrrole nitrogens is 1. The van der Waals surface area contributed by atoms with Crippen LogP contribution in [0.1, 0.15) is 38.4 Å². The van der Waals surface area contributed by atoms with Gasteiger partial charge in [-0.2, -0.15) is 0 Å². The minimum atomic E-state index is -0.359. The number of nitrogens with one attached hydrogen (secondary N) is 2. The van der Waals surface area contributed by atoms with E-state index in [1.165, 1.54) is 18.5 Å². The number of unbranched alkanes of at least 4 members (excludes halogenated alkanes) is 1. The molecule has 1 saturated heterocycles. The fourth-order valence-corrected chi connectivity index (χ4v) is 3.11. The van der Waals surface area contributed by atoms with E-state index in [9.17, 15) is 4.79 Å². The van der Waals surface area contributed by atoms with E-state index in [1.807, 2.05) is 6.20 Å². The Morgan fingerprint density at radius 3 is 2.77 bits per heavy atom. The van der Waals surface area contributed by atoms with Crippen LogP contribution in [0.25, 0.3) is 11.3 Å². The predicted octanol–water partition coefficient (Wildman–Crippen LogP) is 3.75. The summed E-state index contributed by atoms with van der Waals surface area (Å²) in [6, 6.07) is 8.62. The van der Waals surface area contributed by atoms with E-state index in [0.717, 1.165) is 43.0 Å². The van der Waals surface area contributed by atoms with E-state index in [4.69, 9.17) is 4.74 Å². The number of anilines is 1. The smallest absolute Gasteiger partial charge is 0.407 e. The Bertz CT molecular complexity index is 690. The van der Waals surface area contributed by atoms with Gasteiger partial charge in [0.05, 0.1) is 18.5 Å². The summed E-state index contributed by atoms with van der Waals surface area (Å²) in [5.41, 5.74) is 3.41. The summed E-state index contributed by atoms with van der Waals surface area (Å²) in [5.74, 6) is 0.859. The molecule has 1 aliphatic heterocycles. The summed E-state index contributed by atoms with van der Waals surface area (Å²) >= 11 is 0. The van der Waals surface area contributed by atoms with Gasteiger partial charge in [-0.05, 0) is 37.0 Å². The highest BCUT2D eigenvalue weighted by molar-refractivity contribution is 5.67. The lowest BCUT2D eigenvalue weighted by Gasteiger charge is -2.17. The number of amides is 1. The maximum absolute atomic E-state index is 11.5. The fourth-order valence-electron chi connectivity index (χ4n) is 3.11. The van der Waals surface area contributed by atoms with Crippen LogP contribution in [0.3, 0.4) is 0 Å². The van der Waals surface area contributed by atoms with E-state index in [0.29, 0.717) is 19.6 Å². The molecule has 140 valence electrons. The number of imidazole rings is 1. The first kappa shape index (κ1) is 18.3. The molecule has 1 aromatic heterocycles. The molecule has 0 radical (unpaired) electrons. The van der Waals surface area contributed by atoms with Crippen molar-refractivity contribution < 1.29 is 9.53 Å². The highest BCUT2D eigenvalue weighted by atomic mass is 16.5. The Morgan fingerprint density at radius 2 is 2.04 bits per heavy atom. The van der Waals surface area contributed by atoms with E-state index in [-0.39, 0.29) is 6.09 Å². The number of hydrogen-bond donors (Lipinski definition) is 2. The topological polar surface area (TPSA) is 70.2 Å². The number of carbonyl (C=O) groups excluding carboxylic acids is 1. The Balaban J connectivity index is 1.47. The first-order valence-electron chi connectivity index (χ1n) is 9.56. The van der Waals surface area contributed by atoms with Crippen molar-refractivity contribution in [3.63, 3.8) is 0 Å². The van der Waals surface area contributed by atoms with Crippen LogP contribution in [0, 0.1) is 0 Å². The predicted molar refractivity (Wildman–Crippen MR) is 103 cm³/mol. The molecule has 0 atom stereocenters. The molecule has 2 aromatic rings. The zero-order chi connectivity index (χ0) is 18.2. The number of alkyl carbamates (subject to hydrolysis) is 1. The minimum absolute atomic E-state index is 0.359. The van der Waals surface area contributed by atoms with Crippen molar-refractivity contribution in [3.05, 3.63) is 36.3 Å². The van der Waals surface area contributed by atoms with Crippen molar-refractivity contribution >= 4 is 11.8 Å². The van der Waals surface area contributed by atoms with E-state index in [2.05, 4.69) is 51.4 Å². The first-order valence-corrected chi connectivity index (χ1v) is 9.56. The summed E-state index contributed by atoms with van der Waals surface area (Å²) < 4.78 is 5.06. The normalized spacial score (nSPS) is 13.8. The molecule has 0 bridgehead atoms. The average Bonchev–Trinajstić information content (AvgIpc) is 3.34. The molecule has 1 aromatic carbocycles. The number of aromatic nitrogens is 2. The van der Waals surface area contributed by atoms with Crippen molar-refractivity contribution in [2.24, 2.45) is 0 Å². The second kappa shape index (κ2) is 9.27. The summed E-state index contributed by atoms with van der Waals surface area (Å²) in [6.07, 6.45) is 6.61. The SMILES string of the molecule is CCCCOC(=O)NCCc1ncc(-c2ccc(N3CCCC3)cc2)[nH]1. The largest absolute Gasteiger partial charge is 0.450 e. The third-order valence-corrected chi connectivity index (χ3v) is 4.64. The maximum Gasteiger partial charge on any atom is 0.407 e. The molecule has 0 saturated carbocycles. The van der Waals surface area contributed by atoms with Gasteiger partial charge in [0.1, 0.15) is 5.82 Å². The molecule has 2 N–H and O–H groups in total. The Kier molecular flexibility index (Phi) is 6.52. The minimum Gasteiger partial charge on any atom is -0.450 e. The van der Waals surface area contributed by atoms with E-state index in [1.54, 1.807) is 0 Å². The molecule has 1 amide bonds.